The van der Waals surface area contributed by atoms with Crippen LogP contribution >= 0.6 is 0 Å². The predicted octanol–water partition coefficient (Wildman–Crippen LogP) is 7.78. The highest BCUT2D eigenvalue weighted by Gasteiger charge is 2.15. The molecule has 0 aliphatic heterocycles. The van der Waals surface area contributed by atoms with Gasteiger partial charge in [0.1, 0.15) is 0 Å². The Morgan fingerprint density at radius 1 is 0.786 bits per heavy atom. The third kappa shape index (κ3) is 3.35. The lowest BCUT2D eigenvalue weighted by Crippen LogP contribution is -2.15. The van der Waals surface area contributed by atoms with Gasteiger partial charge in [-0.1, -0.05) is 85.5 Å². The minimum absolute atomic E-state index is 1.07. The van der Waals surface area contributed by atoms with Gasteiger partial charge in [0.05, 0.1) is 5.69 Å². The van der Waals surface area contributed by atoms with E-state index in [9.17, 15) is 0 Å². The van der Waals surface area contributed by atoms with E-state index in [0.717, 1.165) is 17.1 Å². The molecule has 1 heteroatoms. The molecule has 28 heavy (non-hydrogen) atoms. The zero-order valence-corrected chi connectivity index (χ0v) is 16.0. The first-order valence-electron chi connectivity index (χ1n) is 9.54. The van der Waals surface area contributed by atoms with E-state index in [2.05, 4.69) is 115 Å². The van der Waals surface area contributed by atoms with E-state index in [4.69, 9.17) is 0 Å². The van der Waals surface area contributed by atoms with Gasteiger partial charge in [0.25, 0.3) is 0 Å². The molecule has 0 amide bonds. The van der Waals surface area contributed by atoms with Crippen LogP contribution in [-0.2, 0) is 0 Å². The fraction of sp³-hybridized carbons (Fsp3) is 0.0370. The summed E-state index contributed by atoms with van der Waals surface area (Å²) in [5, 5.41) is 4.91. The maximum absolute atomic E-state index is 3.93. The van der Waals surface area contributed by atoms with Crippen molar-refractivity contribution in [3.05, 3.63) is 122 Å². The Morgan fingerprint density at radius 2 is 1.50 bits per heavy atom. The molecule has 0 heterocycles. The fourth-order valence-corrected chi connectivity index (χ4v) is 3.64. The molecule has 0 aliphatic rings. The highest BCUT2D eigenvalue weighted by Crippen LogP contribution is 2.37. The molecule has 0 aliphatic carbocycles. The Bertz CT molecular complexity index is 1190. The largest absolute Gasteiger partial charge is 0.310 e. The highest BCUT2D eigenvalue weighted by atomic mass is 15.1. The van der Waals surface area contributed by atoms with Crippen LogP contribution in [0, 0.1) is 0 Å². The predicted molar refractivity (Wildman–Crippen MR) is 123 cm³/mol. The standard InChI is InChI=1S/C27H23N/c1-3-10-24(11-4-2)28(25-19-18-21-12-5-6-14-23(21)20-25)27-17-9-15-22-13-7-8-16-26(22)27/h3-20H,1H2,2H3/b11-4-,24-10+. The first kappa shape index (κ1) is 17.8. The lowest BCUT2D eigenvalue weighted by Gasteiger charge is -2.28. The molecule has 0 spiro atoms. The lowest BCUT2D eigenvalue weighted by atomic mass is 10.0. The van der Waals surface area contributed by atoms with Gasteiger partial charge in [-0.2, -0.15) is 0 Å². The van der Waals surface area contributed by atoms with Gasteiger partial charge < -0.3 is 4.90 Å². The number of rotatable bonds is 5. The quantitative estimate of drug-likeness (QED) is 0.328. The first-order valence-corrected chi connectivity index (χ1v) is 9.54. The third-order valence-electron chi connectivity index (χ3n) is 4.88. The number of allylic oxidation sites excluding steroid dienone is 4. The summed E-state index contributed by atoms with van der Waals surface area (Å²) < 4.78 is 0. The zero-order chi connectivity index (χ0) is 19.3. The Kier molecular flexibility index (Phi) is 5.07. The minimum atomic E-state index is 1.07. The summed E-state index contributed by atoms with van der Waals surface area (Å²) in [5.41, 5.74) is 3.35. The van der Waals surface area contributed by atoms with E-state index in [1.54, 1.807) is 0 Å². The van der Waals surface area contributed by atoms with Crippen LogP contribution in [0.2, 0.25) is 0 Å². The van der Waals surface area contributed by atoms with E-state index in [-0.39, 0.29) is 0 Å². The normalized spacial score (nSPS) is 12.0. The Labute approximate surface area is 166 Å². The summed E-state index contributed by atoms with van der Waals surface area (Å²) >= 11 is 0. The van der Waals surface area contributed by atoms with Crippen molar-refractivity contribution in [3.63, 3.8) is 0 Å². The van der Waals surface area contributed by atoms with Crippen LogP contribution in [0.15, 0.2) is 122 Å². The summed E-state index contributed by atoms with van der Waals surface area (Å²) in [7, 11) is 0. The number of fused-ring (bicyclic) bond motifs is 2. The van der Waals surface area contributed by atoms with Crippen molar-refractivity contribution in [2.45, 2.75) is 6.92 Å². The molecule has 1 nitrogen and oxygen atoms in total. The van der Waals surface area contributed by atoms with Crippen molar-refractivity contribution >= 4 is 32.9 Å². The van der Waals surface area contributed by atoms with Gasteiger partial charge in [-0.15, -0.1) is 0 Å². The van der Waals surface area contributed by atoms with Crippen LogP contribution in [0.3, 0.4) is 0 Å². The fourth-order valence-electron chi connectivity index (χ4n) is 3.64. The maximum atomic E-state index is 3.93. The molecule has 0 unspecified atom stereocenters. The number of anilines is 2. The Balaban J connectivity index is 2.00. The Hall–Kier alpha value is -3.58. The molecule has 4 rings (SSSR count). The van der Waals surface area contributed by atoms with Gasteiger partial charge in [-0.25, -0.2) is 0 Å². The molecule has 0 saturated heterocycles. The van der Waals surface area contributed by atoms with E-state index < -0.39 is 0 Å². The second-order valence-corrected chi connectivity index (χ2v) is 6.69. The van der Waals surface area contributed by atoms with Crippen molar-refractivity contribution in [2.75, 3.05) is 4.90 Å². The summed E-state index contributed by atoms with van der Waals surface area (Å²) in [5.74, 6) is 0. The van der Waals surface area contributed by atoms with Crippen LogP contribution in [0.4, 0.5) is 11.4 Å². The SMILES string of the molecule is C=C/C=C(\C=C/C)N(c1ccc2ccccc2c1)c1cccc2ccccc12. The van der Waals surface area contributed by atoms with E-state index >= 15 is 0 Å². The average Bonchev–Trinajstić information content (AvgIpc) is 2.74. The molecular weight excluding hydrogens is 338 g/mol. The molecule has 4 aromatic carbocycles. The number of nitrogens with zero attached hydrogens (tertiary/aromatic N) is 1. The maximum Gasteiger partial charge on any atom is 0.0540 e. The summed E-state index contributed by atoms with van der Waals surface area (Å²) in [6.07, 6.45) is 8.08. The average molecular weight is 361 g/mol. The molecule has 4 aromatic rings. The molecule has 0 atom stereocenters. The smallest absolute Gasteiger partial charge is 0.0540 e. The summed E-state index contributed by atoms with van der Waals surface area (Å²) in [6.45, 7) is 5.97. The van der Waals surface area contributed by atoms with E-state index in [1.165, 1.54) is 21.5 Å². The van der Waals surface area contributed by atoms with Crippen molar-refractivity contribution in [2.24, 2.45) is 0 Å². The second kappa shape index (κ2) is 7.98. The van der Waals surface area contributed by atoms with E-state index in [1.807, 2.05) is 13.0 Å². The van der Waals surface area contributed by atoms with Gasteiger partial charge >= 0.3 is 0 Å². The molecule has 0 bridgehead atoms. The van der Waals surface area contributed by atoms with Gasteiger partial charge in [0.15, 0.2) is 0 Å². The monoisotopic (exact) mass is 361 g/mol. The number of hydrogen-bond donors (Lipinski definition) is 0. The van der Waals surface area contributed by atoms with Crippen LogP contribution in [0.1, 0.15) is 6.92 Å². The number of hydrogen-bond acceptors (Lipinski definition) is 1. The van der Waals surface area contributed by atoms with Gasteiger partial charge in [-0.3, -0.25) is 0 Å². The first-order chi connectivity index (χ1) is 13.8. The van der Waals surface area contributed by atoms with Crippen molar-refractivity contribution in [3.8, 4) is 0 Å². The van der Waals surface area contributed by atoms with Crippen molar-refractivity contribution in [1.29, 1.82) is 0 Å². The van der Waals surface area contributed by atoms with Crippen molar-refractivity contribution in [1.82, 2.24) is 0 Å². The molecule has 0 radical (unpaired) electrons. The van der Waals surface area contributed by atoms with Gasteiger partial charge in [0.2, 0.25) is 0 Å². The highest BCUT2D eigenvalue weighted by molar-refractivity contribution is 5.98. The van der Waals surface area contributed by atoms with Crippen LogP contribution in [-0.4, -0.2) is 0 Å². The summed E-state index contributed by atoms with van der Waals surface area (Å²) in [6, 6.07) is 30.1. The molecular formula is C27H23N. The Morgan fingerprint density at radius 3 is 2.29 bits per heavy atom. The van der Waals surface area contributed by atoms with Gasteiger partial charge in [0, 0.05) is 16.8 Å². The minimum Gasteiger partial charge on any atom is -0.310 e. The van der Waals surface area contributed by atoms with E-state index in [0.29, 0.717) is 0 Å². The number of benzene rings is 4. The molecule has 136 valence electrons. The zero-order valence-electron chi connectivity index (χ0n) is 16.0. The molecule has 0 aromatic heterocycles. The molecule has 0 N–H and O–H groups in total. The third-order valence-corrected chi connectivity index (χ3v) is 4.88. The topological polar surface area (TPSA) is 3.24 Å². The van der Waals surface area contributed by atoms with Crippen molar-refractivity contribution < 1.29 is 0 Å². The molecule has 0 saturated carbocycles. The van der Waals surface area contributed by atoms with Crippen LogP contribution < -0.4 is 4.90 Å². The second-order valence-electron chi connectivity index (χ2n) is 6.69. The van der Waals surface area contributed by atoms with Crippen LogP contribution in [0.5, 0.6) is 0 Å². The van der Waals surface area contributed by atoms with Gasteiger partial charge in [-0.05, 0) is 53.4 Å². The lowest BCUT2D eigenvalue weighted by molar-refractivity contribution is 1.22. The summed E-state index contributed by atoms with van der Waals surface area (Å²) in [4.78, 5) is 2.30. The molecule has 0 fully saturated rings. The van der Waals surface area contributed by atoms with Crippen LogP contribution in [0.25, 0.3) is 21.5 Å².